The molecule has 4 rings (SSSR count). The summed E-state index contributed by atoms with van der Waals surface area (Å²) in [6.45, 7) is 6.04. The Morgan fingerprint density at radius 2 is 1.93 bits per heavy atom. The molecule has 2 N–H and O–H groups in total. The van der Waals surface area contributed by atoms with Gasteiger partial charge in [-0.3, -0.25) is 4.79 Å². The van der Waals surface area contributed by atoms with E-state index in [-0.39, 0.29) is 11.9 Å². The number of benzene rings is 2. The van der Waals surface area contributed by atoms with Crippen LogP contribution in [0.2, 0.25) is 0 Å². The Morgan fingerprint density at radius 1 is 1.17 bits per heavy atom. The van der Waals surface area contributed by atoms with Crippen LogP contribution in [0.25, 0.3) is 11.3 Å². The van der Waals surface area contributed by atoms with Crippen LogP contribution in [0.15, 0.2) is 47.0 Å². The first-order chi connectivity index (χ1) is 14.4. The molecule has 1 atom stereocenters. The van der Waals surface area contributed by atoms with Crippen LogP contribution in [-0.2, 0) is 0 Å². The smallest absolute Gasteiger partial charge is 0.260 e. The Bertz CT molecular complexity index is 1100. The van der Waals surface area contributed by atoms with Gasteiger partial charge in [0.05, 0.1) is 5.69 Å². The molecule has 1 unspecified atom stereocenters. The highest BCUT2D eigenvalue weighted by Crippen LogP contribution is 2.32. The number of anilines is 2. The van der Waals surface area contributed by atoms with E-state index in [0.717, 1.165) is 37.2 Å². The highest BCUT2D eigenvalue weighted by atomic mass is 127. The molecule has 0 aliphatic carbocycles. The van der Waals surface area contributed by atoms with Crippen LogP contribution in [0.4, 0.5) is 11.4 Å². The third kappa shape index (κ3) is 4.03. The number of amides is 1. The van der Waals surface area contributed by atoms with E-state index in [0.29, 0.717) is 23.6 Å². The van der Waals surface area contributed by atoms with Crippen molar-refractivity contribution >= 4 is 62.5 Å². The average molecular weight is 628 g/mol. The zero-order valence-corrected chi connectivity index (χ0v) is 21.0. The van der Waals surface area contributed by atoms with Gasteiger partial charge in [0.25, 0.3) is 5.91 Å². The first kappa shape index (κ1) is 21.4. The number of rotatable bonds is 3. The molecule has 0 radical (unpaired) electrons. The quantitative estimate of drug-likeness (QED) is 0.334. The average Bonchev–Trinajstić information content (AvgIpc) is 3.09. The lowest BCUT2D eigenvalue weighted by Gasteiger charge is -2.41. The number of carbonyl (C=O) groups is 1. The van der Waals surface area contributed by atoms with Gasteiger partial charge in [-0.05, 0) is 83.3 Å². The molecule has 1 aliphatic rings. The molecule has 1 fully saturated rings. The number of hydrogen-bond donors (Lipinski definition) is 1. The molecular formula is C22H22I2N4O2. The van der Waals surface area contributed by atoms with Gasteiger partial charge >= 0.3 is 0 Å². The van der Waals surface area contributed by atoms with E-state index in [1.807, 2.05) is 41.3 Å². The fourth-order valence-corrected chi connectivity index (χ4v) is 5.39. The lowest BCUT2D eigenvalue weighted by atomic mass is 10.0. The maximum absolute atomic E-state index is 13.5. The van der Waals surface area contributed by atoms with Crippen molar-refractivity contribution in [2.75, 3.05) is 30.3 Å². The number of halogens is 2. The van der Waals surface area contributed by atoms with Gasteiger partial charge in [-0.25, -0.2) is 0 Å². The molecule has 2 heterocycles. The van der Waals surface area contributed by atoms with Crippen molar-refractivity contribution in [2.45, 2.75) is 19.9 Å². The van der Waals surface area contributed by atoms with Crippen LogP contribution in [0.1, 0.15) is 23.0 Å². The number of nitrogens with zero attached hydrogens (tertiary/aromatic N) is 3. The van der Waals surface area contributed by atoms with E-state index in [2.05, 4.69) is 68.2 Å². The minimum Gasteiger partial charge on any atom is -0.399 e. The molecule has 0 saturated carbocycles. The Kier molecular flexibility index (Phi) is 6.24. The van der Waals surface area contributed by atoms with Gasteiger partial charge in [0, 0.05) is 44.1 Å². The van der Waals surface area contributed by atoms with E-state index < -0.39 is 0 Å². The predicted octanol–water partition coefficient (Wildman–Crippen LogP) is 4.79. The summed E-state index contributed by atoms with van der Waals surface area (Å²) in [7, 11) is 0. The maximum Gasteiger partial charge on any atom is 0.260 e. The van der Waals surface area contributed by atoms with Crippen LogP contribution >= 0.6 is 45.2 Å². The molecule has 6 nitrogen and oxygen atoms in total. The Labute approximate surface area is 203 Å². The molecule has 8 heteroatoms. The number of nitrogens with two attached hydrogens (primary N) is 1. The second-order valence-electron chi connectivity index (χ2n) is 7.45. The summed E-state index contributed by atoms with van der Waals surface area (Å²) in [6, 6.07) is 13.9. The minimum absolute atomic E-state index is 0.0254. The maximum atomic E-state index is 13.5. The molecule has 156 valence electrons. The molecule has 1 amide bonds. The van der Waals surface area contributed by atoms with Crippen molar-refractivity contribution in [3.63, 3.8) is 0 Å². The molecule has 1 saturated heterocycles. The third-order valence-corrected chi connectivity index (χ3v) is 7.21. The fourth-order valence-electron chi connectivity index (χ4n) is 3.86. The normalized spacial score (nSPS) is 16.7. The fraction of sp³-hybridized carbons (Fsp3) is 0.273. The van der Waals surface area contributed by atoms with Gasteiger partial charge in [-0.15, -0.1) is 0 Å². The van der Waals surface area contributed by atoms with Gasteiger partial charge in [-0.1, -0.05) is 23.4 Å². The summed E-state index contributed by atoms with van der Waals surface area (Å²) in [4.78, 5) is 17.8. The second kappa shape index (κ2) is 8.74. The second-order valence-corrected chi connectivity index (χ2v) is 9.77. The van der Waals surface area contributed by atoms with E-state index in [4.69, 9.17) is 10.3 Å². The van der Waals surface area contributed by atoms with Crippen molar-refractivity contribution < 1.29 is 9.32 Å². The number of nitrogen functional groups attached to an aromatic ring is 1. The van der Waals surface area contributed by atoms with Crippen molar-refractivity contribution in [1.82, 2.24) is 10.1 Å². The van der Waals surface area contributed by atoms with E-state index in [1.165, 1.54) is 0 Å². The van der Waals surface area contributed by atoms with Gasteiger partial charge in [0.1, 0.15) is 17.0 Å². The largest absolute Gasteiger partial charge is 0.399 e. The van der Waals surface area contributed by atoms with E-state index >= 15 is 0 Å². The number of hydrogen-bond acceptors (Lipinski definition) is 5. The molecule has 30 heavy (non-hydrogen) atoms. The van der Waals surface area contributed by atoms with Gasteiger partial charge in [-0.2, -0.15) is 0 Å². The number of carbonyl (C=O) groups excluding carboxylic acids is 1. The highest BCUT2D eigenvalue weighted by molar-refractivity contribution is 14.1. The summed E-state index contributed by atoms with van der Waals surface area (Å²) in [5.74, 6) is 0.528. The molecule has 0 bridgehead atoms. The van der Waals surface area contributed by atoms with Crippen molar-refractivity contribution in [3.8, 4) is 11.3 Å². The van der Waals surface area contributed by atoms with E-state index in [9.17, 15) is 4.79 Å². The lowest BCUT2D eigenvalue weighted by Crippen LogP contribution is -2.54. The van der Waals surface area contributed by atoms with E-state index in [1.54, 1.807) is 6.92 Å². The zero-order chi connectivity index (χ0) is 21.4. The number of aromatic nitrogens is 1. The molecule has 0 spiro atoms. The summed E-state index contributed by atoms with van der Waals surface area (Å²) in [5.41, 5.74) is 9.90. The molecule has 3 aromatic rings. The van der Waals surface area contributed by atoms with Crippen molar-refractivity contribution in [3.05, 3.63) is 60.9 Å². The summed E-state index contributed by atoms with van der Waals surface area (Å²) < 4.78 is 7.60. The summed E-state index contributed by atoms with van der Waals surface area (Å²) >= 11 is 4.58. The Morgan fingerprint density at radius 3 is 2.63 bits per heavy atom. The van der Waals surface area contributed by atoms with Gasteiger partial charge in [0.2, 0.25) is 0 Å². The molecule has 2 aromatic carbocycles. The zero-order valence-electron chi connectivity index (χ0n) is 16.7. The molecule has 1 aliphatic heterocycles. The topological polar surface area (TPSA) is 75.6 Å². The SMILES string of the molecule is Cc1onc(-c2ccccc2I)c1C(=O)N1CCN(c2ccc(N)cc2I)CC1C. The molecular weight excluding hydrogens is 606 g/mol. The first-order valence-corrected chi connectivity index (χ1v) is 11.8. The number of aryl methyl sites for hydroxylation is 1. The van der Waals surface area contributed by atoms with Gasteiger partial charge < -0.3 is 20.1 Å². The van der Waals surface area contributed by atoms with Crippen molar-refractivity contribution in [2.24, 2.45) is 0 Å². The third-order valence-electron chi connectivity index (χ3n) is 5.41. The molecule has 1 aromatic heterocycles. The summed E-state index contributed by atoms with van der Waals surface area (Å²) in [6.07, 6.45) is 0. The summed E-state index contributed by atoms with van der Waals surface area (Å²) in [5, 5.41) is 4.22. The monoisotopic (exact) mass is 628 g/mol. The lowest BCUT2D eigenvalue weighted by molar-refractivity contribution is 0.0673. The first-order valence-electron chi connectivity index (χ1n) is 9.69. The van der Waals surface area contributed by atoms with Crippen LogP contribution in [0, 0.1) is 14.1 Å². The minimum atomic E-state index is -0.0254. The standard InChI is InChI=1S/C22H22I2N4O2/c1-13-12-27(19-8-7-15(25)11-18(19)24)9-10-28(13)22(29)20-14(2)30-26-21(20)16-5-3-4-6-17(16)23/h3-8,11,13H,9-10,12,25H2,1-2H3. The van der Waals surface area contributed by atoms with Crippen LogP contribution in [0.5, 0.6) is 0 Å². The van der Waals surface area contributed by atoms with Crippen LogP contribution < -0.4 is 10.6 Å². The predicted molar refractivity (Wildman–Crippen MR) is 136 cm³/mol. The number of piperazine rings is 1. The van der Waals surface area contributed by atoms with Gasteiger partial charge in [0.15, 0.2) is 0 Å². The van der Waals surface area contributed by atoms with Crippen LogP contribution in [0.3, 0.4) is 0 Å². The van der Waals surface area contributed by atoms with Crippen LogP contribution in [-0.4, -0.2) is 41.6 Å². The Balaban J connectivity index is 1.59. The highest BCUT2D eigenvalue weighted by Gasteiger charge is 2.33. The van der Waals surface area contributed by atoms with Crippen molar-refractivity contribution in [1.29, 1.82) is 0 Å². The Hall–Kier alpha value is -1.82.